The van der Waals surface area contributed by atoms with Gasteiger partial charge in [0, 0.05) is 0 Å². The Hall–Kier alpha value is 0.0806. The Morgan fingerprint density at radius 3 is 0.400 bits per heavy atom. The van der Waals surface area contributed by atoms with Crippen molar-refractivity contribution in [3.63, 3.8) is 0 Å². The first-order chi connectivity index (χ1) is 6.00. The zero-order valence-electron chi connectivity index (χ0n) is 6.66. The van der Waals surface area contributed by atoms with E-state index in [1.165, 1.54) is 0 Å². The smallest absolute Gasteiger partial charge is 0.365 e. The molecule has 0 spiro atoms. The number of hydrogen-bond donors (Lipinski definition) is 9. The molecule has 0 aromatic rings. The summed E-state index contributed by atoms with van der Waals surface area (Å²) in [5.74, 6) is 0. The molecule has 0 aliphatic rings. The van der Waals surface area contributed by atoms with Gasteiger partial charge in [-0.1, -0.05) is 0 Å². The molecule has 96 valence electrons. The van der Waals surface area contributed by atoms with Crippen molar-refractivity contribution in [3.05, 3.63) is 0 Å². The summed E-state index contributed by atoms with van der Waals surface area (Å²) in [5, 5.41) is 0. The second-order valence-corrected chi connectivity index (χ2v) is 4.98. The van der Waals surface area contributed by atoms with E-state index < -0.39 is 27.4 Å². The van der Waals surface area contributed by atoms with Gasteiger partial charge in [-0.15, -0.1) is 0 Å². The van der Waals surface area contributed by atoms with Crippen molar-refractivity contribution in [1.82, 2.24) is 0 Å². The number of hydrogen-bond acceptors (Lipinski definition) is 9. The Labute approximate surface area is 83.8 Å². The van der Waals surface area contributed by atoms with Crippen LogP contribution in [0.25, 0.3) is 0 Å². The molecule has 0 aromatic carbocycles. The second kappa shape index (κ2) is 7.37. The van der Waals surface area contributed by atoms with Crippen LogP contribution in [0.5, 0.6) is 0 Å². The fourth-order valence-corrected chi connectivity index (χ4v) is 0. The van der Waals surface area contributed by atoms with Gasteiger partial charge in [-0.05, 0) is 0 Å². The minimum absolute atomic E-state index is 5.11. The van der Waals surface area contributed by atoms with Crippen LogP contribution in [0.15, 0.2) is 0 Å². The summed E-state index contributed by atoms with van der Waals surface area (Å²) in [6, 6.07) is 0. The lowest BCUT2D eigenvalue weighted by molar-refractivity contribution is 0.162. The fourth-order valence-electron chi connectivity index (χ4n) is 0. The molecule has 0 rings (SSSR count). The monoisotopic (exact) mass is 294 g/mol. The van der Waals surface area contributed by atoms with Crippen molar-refractivity contribution in [2.45, 2.75) is 0 Å². The Kier molecular flexibility index (Phi) is 10.1. The quantitative estimate of drug-likeness (QED) is 0.156. The molecule has 0 aliphatic carbocycles. The van der Waals surface area contributed by atoms with Crippen LogP contribution in [0.4, 0.5) is 12.3 Å². The molecule has 0 radical (unpaired) electrons. The van der Waals surface area contributed by atoms with E-state index in [2.05, 4.69) is 0 Å². The SMILES string of the molecule is O[Si](O)(O)F.O[Si](O)(O)F.O[Si](O)(O)F. The molecule has 0 atom stereocenters. The molecule has 0 unspecified atom stereocenters. The van der Waals surface area contributed by atoms with Gasteiger partial charge in [0.05, 0.1) is 0 Å². The van der Waals surface area contributed by atoms with Crippen LogP contribution in [-0.4, -0.2) is 70.6 Å². The molecule has 0 aliphatic heterocycles. The lowest BCUT2D eigenvalue weighted by atomic mass is 15.7. The third kappa shape index (κ3) is 316000. The summed E-state index contributed by atoms with van der Waals surface area (Å²) in [6.45, 7) is 0. The first-order valence-electron chi connectivity index (χ1n) is 2.58. The van der Waals surface area contributed by atoms with Gasteiger partial charge in [-0.25, -0.2) is 12.3 Å². The Balaban J connectivity index is -0.000000144. The summed E-state index contributed by atoms with van der Waals surface area (Å²) >= 11 is 0. The van der Waals surface area contributed by atoms with E-state index in [0.29, 0.717) is 0 Å². The van der Waals surface area contributed by atoms with E-state index in [1.807, 2.05) is 0 Å². The molecule has 0 aromatic heterocycles. The maximum absolute atomic E-state index is 10.5. The maximum atomic E-state index is 10.5. The van der Waals surface area contributed by atoms with Crippen molar-refractivity contribution in [1.29, 1.82) is 0 Å². The molecule has 9 N–H and O–H groups in total. The van der Waals surface area contributed by atoms with Gasteiger partial charge in [0.25, 0.3) is 0 Å². The summed E-state index contributed by atoms with van der Waals surface area (Å²) in [6.07, 6.45) is 0. The van der Waals surface area contributed by atoms with Crippen LogP contribution in [-0.2, 0) is 0 Å². The van der Waals surface area contributed by atoms with Crippen molar-refractivity contribution >= 4 is 27.4 Å². The first-order valence-corrected chi connectivity index (χ1v) is 7.74. The molecule has 0 amide bonds. The van der Waals surface area contributed by atoms with Gasteiger partial charge in [0.1, 0.15) is 0 Å². The molecule has 0 saturated carbocycles. The lowest BCUT2D eigenvalue weighted by Gasteiger charge is -1.88. The van der Waals surface area contributed by atoms with Gasteiger partial charge in [-0.3, -0.25) is 0 Å². The molecular formula is H9F3O9Si3. The average molecular weight is 294 g/mol. The van der Waals surface area contributed by atoms with Gasteiger partial charge in [0.15, 0.2) is 0 Å². The second-order valence-electron chi connectivity index (χ2n) is 1.66. The highest BCUT2D eigenvalue weighted by Gasteiger charge is 2.27. The molecule has 0 saturated heterocycles. The predicted molar refractivity (Wildman–Crippen MR) is 40.6 cm³/mol. The van der Waals surface area contributed by atoms with Gasteiger partial charge in [-0.2, -0.15) is 0 Å². The van der Waals surface area contributed by atoms with Gasteiger partial charge in [0.2, 0.25) is 0 Å². The van der Waals surface area contributed by atoms with Crippen LogP contribution < -0.4 is 0 Å². The largest absolute Gasteiger partial charge is 0.711 e. The van der Waals surface area contributed by atoms with E-state index in [9.17, 15) is 12.3 Å². The zero-order valence-corrected chi connectivity index (χ0v) is 9.66. The van der Waals surface area contributed by atoms with Crippen LogP contribution in [0.3, 0.4) is 0 Å². The third-order valence-electron chi connectivity index (χ3n) is 0. The summed E-state index contributed by atoms with van der Waals surface area (Å²) in [5.41, 5.74) is 0. The minimum atomic E-state index is -5.11. The van der Waals surface area contributed by atoms with Crippen LogP contribution >= 0.6 is 0 Å². The minimum Gasteiger partial charge on any atom is -0.365 e. The van der Waals surface area contributed by atoms with Gasteiger partial charge < -0.3 is 43.2 Å². The molecular weight excluding hydrogens is 285 g/mol. The first kappa shape index (κ1) is 20.5. The van der Waals surface area contributed by atoms with Crippen LogP contribution in [0, 0.1) is 0 Å². The number of halogens is 3. The van der Waals surface area contributed by atoms with E-state index in [1.54, 1.807) is 0 Å². The van der Waals surface area contributed by atoms with Crippen molar-refractivity contribution in [2.75, 3.05) is 0 Å². The third-order valence-corrected chi connectivity index (χ3v) is 0. The highest BCUT2D eigenvalue weighted by atomic mass is 28.4. The topological polar surface area (TPSA) is 182 Å². The summed E-state index contributed by atoms with van der Waals surface area (Å²) in [7, 11) is -15.3. The van der Waals surface area contributed by atoms with E-state index in [0.717, 1.165) is 0 Å². The molecule has 0 fully saturated rings. The Morgan fingerprint density at radius 2 is 0.400 bits per heavy atom. The highest BCUT2D eigenvalue weighted by molar-refractivity contribution is 6.48. The number of rotatable bonds is 0. The molecule has 9 nitrogen and oxygen atoms in total. The molecule has 15 heavy (non-hydrogen) atoms. The maximum Gasteiger partial charge on any atom is 0.711 e. The van der Waals surface area contributed by atoms with Crippen LogP contribution in [0.2, 0.25) is 0 Å². The summed E-state index contributed by atoms with van der Waals surface area (Å²) in [4.78, 5) is 63.9. The van der Waals surface area contributed by atoms with Crippen molar-refractivity contribution in [2.24, 2.45) is 0 Å². The average Bonchev–Trinajstić information content (AvgIpc) is 1.41. The highest BCUT2D eigenvalue weighted by Crippen LogP contribution is 1.80. The molecule has 0 bridgehead atoms. The zero-order chi connectivity index (χ0) is 13.5. The Bertz CT molecular complexity index is 95.6. The van der Waals surface area contributed by atoms with E-state index >= 15 is 0 Å². The Morgan fingerprint density at radius 1 is 0.400 bits per heavy atom. The van der Waals surface area contributed by atoms with Crippen molar-refractivity contribution < 1.29 is 55.5 Å². The summed E-state index contributed by atoms with van der Waals surface area (Å²) < 4.78 is 31.5. The normalized spacial score (nSPS) is 12.0. The van der Waals surface area contributed by atoms with E-state index in [4.69, 9.17) is 43.2 Å². The fraction of sp³-hybridized carbons (Fsp3) is 0. The van der Waals surface area contributed by atoms with Crippen LogP contribution in [0.1, 0.15) is 0 Å². The standard InChI is InChI=1S/3FH3O3Si/c3*1-5(2,3)4/h3*2-4H. The predicted octanol–water partition coefficient (Wildman–Crippen LogP) is -4.89. The molecule has 15 heteroatoms. The van der Waals surface area contributed by atoms with Crippen molar-refractivity contribution in [3.8, 4) is 0 Å². The van der Waals surface area contributed by atoms with Gasteiger partial charge >= 0.3 is 27.4 Å². The molecule has 0 heterocycles. The van der Waals surface area contributed by atoms with E-state index in [-0.39, 0.29) is 0 Å². The lowest BCUT2D eigenvalue weighted by Crippen LogP contribution is -2.27.